The number of Topliss-reactive ketones (excluding diaryl/α,β-unsaturated/α-hetero) is 1. The zero-order valence-electron chi connectivity index (χ0n) is 29.2. The predicted octanol–water partition coefficient (Wildman–Crippen LogP) is 1.55. The molecule has 4 amide bonds. The van der Waals surface area contributed by atoms with E-state index in [1.807, 2.05) is 15.5 Å². The fourth-order valence-electron chi connectivity index (χ4n) is 7.20. The number of carbonyl (C=O) groups is 8. The van der Waals surface area contributed by atoms with Crippen molar-refractivity contribution in [2.45, 2.75) is 59.6 Å². The zero-order chi connectivity index (χ0) is 37.4. The highest BCUT2D eigenvalue weighted by Crippen LogP contribution is 2.54. The van der Waals surface area contributed by atoms with Gasteiger partial charge in [-0.15, -0.1) is 0 Å². The summed E-state index contributed by atoms with van der Waals surface area (Å²) in [5.74, 6) is -8.72. The van der Waals surface area contributed by atoms with Gasteiger partial charge in [0.05, 0.1) is 23.1 Å². The van der Waals surface area contributed by atoms with Crippen LogP contribution in [0.15, 0.2) is 34.8 Å². The van der Waals surface area contributed by atoms with Gasteiger partial charge < -0.3 is 23.8 Å². The number of benzene rings is 1. The lowest BCUT2D eigenvalue weighted by Crippen LogP contribution is -2.57. The molecule has 0 radical (unpaired) electrons. The molecule has 0 bridgehead atoms. The second-order valence-electron chi connectivity index (χ2n) is 12.7. The molecule has 1 aromatic rings. The van der Waals surface area contributed by atoms with Crippen molar-refractivity contribution in [1.29, 1.82) is 0 Å². The Morgan fingerprint density at radius 1 is 0.780 bits per heavy atom. The predicted molar refractivity (Wildman–Crippen MR) is 173 cm³/mol. The summed E-state index contributed by atoms with van der Waals surface area (Å²) in [6.07, 6.45) is -1.24. The Bertz CT molecular complexity index is 1760. The normalized spacial score (nSPS) is 22.4. The summed E-state index contributed by atoms with van der Waals surface area (Å²) in [6.45, 7) is 5.53. The lowest BCUT2D eigenvalue weighted by Gasteiger charge is -2.50. The van der Waals surface area contributed by atoms with Crippen molar-refractivity contribution in [1.82, 2.24) is 15.5 Å². The average molecular weight is 697 g/mol. The molecule has 3 aliphatic rings. The number of imide groups is 2. The molecule has 0 spiro atoms. The van der Waals surface area contributed by atoms with Gasteiger partial charge in [-0.2, -0.15) is 0 Å². The van der Waals surface area contributed by atoms with E-state index in [1.54, 1.807) is 39.2 Å². The highest BCUT2D eigenvalue weighted by Gasteiger charge is 2.58. The van der Waals surface area contributed by atoms with E-state index >= 15 is 0 Å². The maximum Gasteiger partial charge on any atom is 0.328 e. The van der Waals surface area contributed by atoms with Crippen LogP contribution in [0.5, 0.6) is 5.75 Å². The van der Waals surface area contributed by atoms with Gasteiger partial charge in [0.2, 0.25) is 5.91 Å². The minimum atomic E-state index is -1.66. The Morgan fingerprint density at radius 2 is 1.38 bits per heavy atom. The van der Waals surface area contributed by atoms with Gasteiger partial charge in [-0.25, -0.2) is 4.79 Å². The van der Waals surface area contributed by atoms with E-state index in [0.717, 1.165) is 27.7 Å². The maximum absolute atomic E-state index is 14.7. The number of nitrogens with zero attached hydrogens (tertiary/aromatic N) is 2. The first-order valence-corrected chi connectivity index (χ1v) is 15.7. The molecule has 2 N–H and O–H groups in total. The Hall–Kier alpha value is -5.38. The fourth-order valence-corrected chi connectivity index (χ4v) is 7.20. The standard InChI is InChI=1S/C34H40N4O12/c1-14(39)35-34(46)36-33(45)27-31(49-17(4)42)26-21(28(38(8)9)32(27)50-18(5)43)13-19-12-20-22(37(6)7)10-11-23(47-15(2)40)25(20)29(44)24(19)30(26)48-16(3)41/h10-11,19,21,26,28,31H,12-13H2,1-9H3,(H2,35,36,39,45,46). The molecule has 5 atom stereocenters. The topological polar surface area (TPSA) is 204 Å². The lowest BCUT2D eigenvalue weighted by molar-refractivity contribution is -0.153. The van der Waals surface area contributed by atoms with Gasteiger partial charge in [-0.1, -0.05) is 0 Å². The van der Waals surface area contributed by atoms with Gasteiger partial charge in [0.15, 0.2) is 5.78 Å². The van der Waals surface area contributed by atoms with Gasteiger partial charge in [-0.05, 0) is 56.5 Å². The van der Waals surface area contributed by atoms with Crippen LogP contribution in [-0.2, 0) is 49.4 Å². The molecule has 0 aliphatic heterocycles. The number of esters is 4. The zero-order valence-corrected chi connectivity index (χ0v) is 29.2. The van der Waals surface area contributed by atoms with E-state index in [2.05, 4.69) is 0 Å². The van der Waals surface area contributed by atoms with E-state index in [9.17, 15) is 38.4 Å². The molecule has 268 valence electrons. The summed E-state index contributed by atoms with van der Waals surface area (Å²) in [5.41, 5.74) is 0.942. The largest absolute Gasteiger partial charge is 0.457 e. The number of allylic oxidation sites excluding steroid dienone is 1. The van der Waals surface area contributed by atoms with Gasteiger partial charge in [-0.3, -0.25) is 49.1 Å². The molecular weight excluding hydrogens is 656 g/mol. The molecule has 4 rings (SSSR count). The maximum atomic E-state index is 14.7. The number of fused-ring (bicyclic) bond motifs is 3. The third-order valence-electron chi connectivity index (χ3n) is 8.57. The van der Waals surface area contributed by atoms with Crippen LogP contribution < -0.4 is 20.3 Å². The number of hydrogen-bond acceptors (Lipinski definition) is 14. The average Bonchev–Trinajstić information content (AvgIpc) is 2.94. The third-order valence-corrected chi connectivity index (χ3v) is 8.57. The van der Waals surface area contributed by atoms with Gasteiger partial charge >= 0.3 is 29.9 Å². The number of amides is 4. The van der Waals surface area contributed by atoms with Crippen LogP contribution in [0.1, 0.15) is 57.0 Å². The number of likely N-dealkylation sites (N-methyl/N-ethyl adjacent to an activating group) is 1. The monoisotopic (exact) mass is 696 g/mol. The Kier molecular flexibility index (Phi) is 10.9. The number of carbonyl (C=O) groups excluding carboxylic acids is 8. The van der Waals surface area contributed by atoms with Crippen molar-refractivity contribution in [2.75, 3.05) is 33.1 Å². The van der Waals surface area contributed by atoms with Crippen LogP contribution >= 0.6 is 0 Å². The summed E-state index contributed by atoms with van der Waals surface area (Å²) < 4.78 is 22.7. The van der Waals surface area contributed by atoms with E-state index in [1.165, 1.54) is 13.0 Å². The first kappa shape index (κ1) is 37.4. The molecular formula is C34H40N4O12. The van der Waals surface area contributed by atoms with Crippen LogP contribution in [0.4, 0.5) is 10.5 Å². The van der Waals surface area contributed by atoms with E-state index in [4.69, 9.17) is 18.9 Å². The van der Waals surface area contributed by atoms with E-state index in [-0.39, 0.29) is 41.2 Å². The number of ketones is 1. The molecule has 16 heteroatoms. The SMILES string of the molecule is CC(=O)NC(=O)NC(=O)C1=C(OC(C)=O)C(N(C)C)C2CC3Cc4c(N(C)C)ccc(OC(C)=O)c4C(=O)C3=C(OC(C)=O)C2C1OC(C)=O. The summed E-state index contributed by atoms with van der Waals surface area (Å²) in [5, 5.41) is 3.92. The first-order valence-electron chi connectivity index (χ1n) is 15.7. The smallest absolute Gasteiger partial charge is 0.328 e. The number of ether oxygens (including phenoxy) is 4. The minimum absolute atomic E-state index is 0.00159. The quantitative estimate of drug-likeness (QED) is 0.236. The van der Waals surface area contributed by atoms with Gasteiger partial charge in [0, 0.05) is 60.0 Å². The van der Waals surface area contributed by atoms with Crippen LogP contribution in [0.2, 0.25) is 0 Å². The van der Waals surface area contributed by atoms with Crippen molar-refractivity contribution in [3.63, 3.8) is 0 Å². The molecule has 16 nitrogen and oxygen atoms in total. The number of rotatable bonds is 7. The third kappa shape index (κ3) is 7.44. The number of hydrogen-bond donors (Lipinski definition) is 2. The summed E-state index contributed by atoms with van der Waals surface area (Å²) in [4.78, 5) is 106. The number of nitrogens with one attached hydrogen (secondary N) is 2. The minimum Gasteiger partial charge on any atom is -0.457 e. The summed E-state index contributed by atoms with van der Waals surface area (Å²) in [6, 6.07) is 1.08. The number of anilines is 1. The van der Waals surface area contributed by atoms with Crippen molar-refractivity contribution in [3.05, 3.63) is 45.9 Å². The molecule has 1 aromatic carbocycles. The summed E-state index contributed by atoms with van der Waals surface area (Å²) >= 11 is 0. The Labute approximate surface area is 288 Å². The molecule has 0 aromatic heterocycles. The van der Waals surface area contributed by atoms with E-state index < -0.39 is 83.0 Å². The molecule has 3 aliphatic carbocycles. The van der Waals surface area contributed by atoms with E-state index in [0.29, 0.717) is 11.3 Å². The van der Waals surface area contributed by atoms with Crippen LogP contribution in [-0.4, -0.2) is 92.7 Å². The van der Waals surface area contributed by atoms with Crippen molar-refractivity contribution in [3.8, 4) is 5.75 Å². The van der Waals surface area contributed by atoms with Crippen LogP contribution in [0.25, 0.3) is 0 Å². The fraction of sp³-hybridized carbons (Fsp3) is 0.471. The molecule has 0 saturated carbocycles. The highest BCUT2D eigenvalue weighted by molar-refractivity contribution is 6.15. The van der Waals surface area contributed by atoms with Crippen molar-refractivity contribution >= 4 is 53.2 Å². The lowest BCUT2D eigenvalue weighted by atomic mass is 9.60. The molecule has 0 fully saturated rings. The molecule has 5 unspecified atom stereocenters. The summed E-state index contributed by atoms with van der Waals surface area (Å²) in [7, 11) is 6.89. The van der Waals surface area contributed by atoms with Crippen molar-refractivity contribution < 1.29 is 57.3 Å². The Balaban J connectivity index is 2.08. The molecule has 0 heterocycles. The highest BCUT2D eigenvalue weighted by atomic mass is 16.6. The number of urea groups is 1. The van der Waals surface area contributed by atoms with Crippen molar-refractivity contribution in [2.24, 2.45) is 17.8 Å². The molecule has 50 heavy (non-hydrogen) atoms. The van der Waals surface area contributed by atoms with Gasteiger partial charge in [0.1, 0.15) is 23.4 Å². The first-order chi connectivity index (χ1) is 23.3. The second kappa shape index (κ2) is 14.6. The second-order valence-corrected chi connectivity index (χ2v) is 12.7. The van der Waals surface area contributed by atoms with Crippen LogP contribution in [0, 0.1) is 17.8 Å². The van der Waals surface area contributed by atoms with Gasteiger partial charge in [0.25, 0.3) is 5.91 Å². The van der Waals surface area contributed by atoms with Crippen LogP contribution in [0.3, 0.4) is 0 Å². The molecule has 0 saturated heterocycles. The Morgan fingerprint density at radius 3 is 1.90 bits per heavy atom.